The molecule has 0 radical (unpaired) electrons. The quantitative estimate of drug-likeness (QED) is 0.428. The minimum Gasteiger partial charge on any atom is -0.462 e. The van der Waals surface area contributed by atoms with Crippen LogP contribution in [-0.2, 0) is 9.53 Å². The number of hydrogen-bond acceptors (Lipinski definition) is 8. The maximum absolute atomic E-state index is 12.5. The number of esters is 1. The molecule has 0 spiro atoms. The Labute approximate surface area is 176 Å². The van der Waals surface area contributed by atoms with Crippen molar-refractivity contribution in [3.8, 4) is 5.69 Å². The molecule has 8 nitrogen and oxygen atoms in total. The van der Waals surface area contributed by atoms with Gasteiger partial charge in [-0.25, -0.2) is 4.79 Å². The van der Waals surface area contributed by atoms with Gasteiger partial charge in [0.2, 0.25) is 11.1 Å². The van der Waals surface area contributed by atoms with Gasteiger partial charge in [-0.1, -0.05) is 43.8 Å². The summed E-state index contributed by atoms with van der Waals surface area (Å²) in [6.07, 6.45) is 0. The van der Waals surface area contributed by atoms with Crippen LogP contribution in [0.4, 0.5) is 5.00 Å². The molecule has 2 aromatic heterocycles. The summed E-state index contributed by atoms with van der Waals surface area (Å²) in [6.45, 7) is 6.09. The van der Waals surface area contributed by atoms with Crippen molar-refractivity contribution < 1.29 is 14.3 Å². The van der Waals surface area contributed by atoms with Gasteiger partial charge < -0.3 is 10.1 Å². The van der Waals surface area contributed by atoms with Gasteiger partial charge in [0.15, 0.2) is 0 Å². The number of carbonyl (C=O) groups is 2. The van der Waals surface area contributed by atoms with Gasteiger partial charge >= 0.3 is 5.97 Å². The molecular formula is C19H21N5O3S2. The zero-order valence-corrected chi connectivity index (χ0v) is 17.9. The molecule has 0 atom stereocenters. The van der Waals surface area contributed by atoms with Gasteiger partial charge in [-0.3, -0.25) is 4.79 Å². The minimum atomic E-state index is -0.438. The number of carbonyl (C=O) groups excluding carboxylic acids is 2. The molecule has 1 N–H and O–H groups in total. The van der Waals surface area contributed by atoms with Gasteiger partial charge in [0.05, 0.1) is 23.6 Å². The lowest BCUT2D eigenvalue weighted by molar-refractivity contribution is -0.113. The van der Waals surface area contributed by atoms with E-state index in [1.165, 1.54) is 23.1 Å². The second-order valence-electron chi connectivity index (χ2n) is 6.31. The molecule has 0 aliphatic heterocycles. The number of rotatable bonds is 8. The van der Waals surface area contributed by atoms with Gasteiger partial charge in [-0.15, -0.1) is 16.4 Å². The van der Waals surface area contributed by atoms with Crippen LogP contribution in [0.5, 0.6) is 0 Å². The molecule has 0 unspecified atom stereocenters. The summed E-state index contributed by atoms with van der Waals surface area (Å²) in [5, 5.41) is 15.5. The summed E-state index contributed by atoms with van der Waals surface area (Å²) in [5.74, 6) is -0.347. The van der Waals surface area contributed by atoms with Crippen LogP contribution >= 0.6 is 23.1 Å². The number of nitrogens with one attached hydrogen (secondary N) is 1. The van der Waals surface area contributed by atoms with Crippen LogP contribution in [-0.4, -0.2) is 44.4 Å². The van der Waals surface area contributed by atoms with E-state index < -0.39 is 5.97 Å². The summed E-state index contributed by atoms with van der Waals surface area (Å²) in [5.41, 5.74) is 1.19. The van der Waals surface area contributed by atoms with Crippen LogP contribution in [0.15, 0.2) is 41.6 Å². The molecule has 0 bridgehead atoms. The Morgan fingerprint density at radius 1 is 1.28 bits per heavy atom. The van der Waals surface area contributed by atoms with Crippen molar-refractivity contribution in [3.63, 3.8) is 0 Å². The Bertz CT molecular complexity index is 985. The first-order valence-corrected chi connectivity index (χ1v) is 10.9. The maximum atomic E-state index is 12.5. The summed E-state index contributed by atoms with van der Waals surface area (Å²) in [7, 11) is 0. The predicted octanol–water partition coefficient (Wildman–Crippen LogP) is 3.75. The molecule has 1 aromatic carbocycles. The fourth-order valence-electron chi connectivity index (χ4n) is 2.44. The van der Waals surface area contributed by atoms with Crippen LogP contribution in [0.2, 0.25) is 0 Å². The van der Waals surface area contributed by atoms with Gasteiger partial charge in [-0.2, -0.15) is 4.68 Å². The number of benzene rings is 1. The first kappa shape index (κ1) is 21.0. The zero-order valence-electron chi connectivity index (χ0n) is 16.3. The van der Waals surface area contributed by atoms with Crippen molar-refractivity contribution in [2.45, 2.75) is 31.8 Å². The molecule has 3 rings (SSSR count). The molecule has 1 amide bonds. The van der Waals surface area contributed by atoms with Crippen molar-refractivity contribution in [2.75, 3.05) is 17.7 Å². The van der Waals surface area contributed by atoms with Crippen LogP contribution in [0.25, 0.3) is 5.69 Å². The van der Waals surface area contributed by atoms with Crippen molar-refractivity contribution in [1.82, 2.24) is 20.2 Å². The standard InChI is InChI=1S/C19H21N5O3S2/c1-4-27-18(26)14-10-15(12(2)3)29-17(14)20-16(25)11-28-19-21-22-23-24(19)13-8-6-5-7-9-13/h5-10,12H,4,11H2,1-3H3,(H,20,25). The molecule has 152 valence electrons. The number of hydrogen-bond donors (Lipinski definition) is 1. The number of anilines is 1. The molecule has 0 saturated heterocycles. The number of aromatic nitrogens is 4. The average molecular weight is 432 g/mol. The first-order valence-electron chi connectivity index (χ1n) is 9.06. The highest BCUT2D eigenvalue weighted by molar-refractivity contribution is 7.99. The molecule has 0 fully saturated rings. The van der Waals surface area contributed by atoms with Crippen molar-refractivity contribution in [2.24, 2.45) is 0 Å². The smallest absolute Gasteiger partial charge is 0.341 e. The Morgan fingerprint density at radius 3 is 2.72 bits per heavy atom. The maximum Gasteiger partial charge on any atom is 0.341 e. The normalized spacial score (nSPS) is 10.9. The number of amides is 1. The van der Waals surface area contributed by atoms with E-state index in [2.05, 4.69) is 20.8 Å². The van der Waals surface area contributed by atoms with Gasteiger partial charge in [0, 0.05) is 4.88 Å². The molecule has 0 aliphatic rings. The summed E-state index contributed by atoms with van der Waals surface area (Å²) < 4.78 is 6.68. The highest BCUT2D eigenvalue weighted by Crippen LogP contribution is 2.33. The van der Waals surface area contributed by atoms with E-state index >= 15 is 0 Å². The lowest BCUT2D eigenvalue weighted by Gasteiger charge is -2.06. The number of tetrazole rings is 1. The summed E-state index contributed by atoms with van der Waals surface area (Å²) >= 11 is 2.60. The monoisotopic (exact) mass is 431 g/mol. The van der Waals surface area contributed by atoms with Crippen LogP contribution < -0.4 is 5.32 Å². The third kappa shape index (κ3) is 5.21. The van der Waals surface area contributed by atoms with Gasteiger partial charge in [-0.05, 0) is 41.5 Å². The van der Waals surface area contributed by atoms with E-state index in [0.717, 1.165) is 10.6 Å². The second-order valence-corrected chi connectivity index (χ2v) is 8.34. The zero-order chi connectivity index (χ0) is 20.8. The predicted molar refractivity (Wildman–Crippen MR) is 113 cm³/mol. The largest absolute Gasteiger partial charge is 0.462 e. The van der Waals surface area contributed by atoms with Crippen LogP contribution in [0, 0.1) is 0 Å². The molecule has 29 heavy (non-hydrogen) atoms. The van der Waals surface area contributed by atoms with E-state index in [1.807, 2.05) is 44.2 Å². The lowest BCUT2D eigenvalue weighted by atomic mass is 10.1. The topological polar surface area (TPSA) is 99.0 Å². The van der Waals surface area contributed by atoms with Gasteiger partial charge in [0.1, 0.15) is 5.00 Å². The lowest BCUT2D eigenvalue weighted by Crippen LogP contribution is -2.16. The Morgan fingerprint density at radius 2 is 2.03 bits per heavy atom. The van der Waals surface area contributed by atoms with E-state index in [-0.39, 0.29) is 24.2 Å². The van der Waals surface area contributed by atoms with E-state index in [9.17, 15) is 9.59 Å². The Kier molecular flexibility index (Phi) is 6.99. The number of thiophene rings is 1. The fraction of sp³-hybridized carbons (Fsp3) is 0.316. The third-order valence-corrected chi connectivity index (χ3v) is 6.11. The highest BCUT2D eigenvalue weighted by atomic mass is 32.2. The van der Waals surface area contributed by atoms with Crippen LogP contribution in [0.3, 0.4) is 0 Å². The highest BCUT2D eigenvalue weighted by Gasteiger charge is 2.21. The summed E-state index contributed by atoms with van der Waals surface area (Å²) in [4.78, 5) is 25.7. The van der Waals surface area contributed by atoms with Crippen molar-refractivity contribution in [3.05, 3.63) is 46.8 Å². The first-order chi connectivity index (χ1) is 14.0. The van der Waals surface area contributed by atoms with Crippen molar-refractivity contribution in [1.29, 1.82) is 0 Å². The second kappa shape index (κ2) is 9.66. The van der Waals surface area contributed by atoms with E-state index in [1.54, 1.807) is 17.7 Å². The summed E-state index contributed by atoms with van der Waals surface area (Å²) in [6, 6.07) is 11.2. The Balaban J connectivity index is 1.69. The Hall–Kier alpha value is -2.72. The number of para-hydroxylation sites is 1. The third-order valence-electron chi connectivity index (χ3n) is 3.84. The number of ether oxygens (including phenoxy) is 1. The van der Waals surface area contributed by atoms with Crippen LogP contribution in [0.1, 0.15) is 41.9 Å². The molecule has 2 heterocycles. The number of thioether (sulfide) groups is 1. The molecule has 0 aliphatic carbocycles. The SMILES string of the molecule is CCOC(=O)c1cc(C(C)C)sc1NC(=O)CSc1nnnn1-c1ccccc1. The number of nitrogens with zero attached hydrogens (tertiary/aromatic N) is 4. The molecule has 10 heteroatoms. The van der Waals surface area contributed by atoms with Crippen molar-refractivity contribution >= 4 is 40.0 Å². The average Bonchev–Trinajstić information content (AvgIpc) is 3.34. The van der Waals surface area contributed by atoms with E-state index in [0.29, 0.717) is 15.7 Å². The molecular weight excluding hydrogens is 410 g/mol. The minimum absolute atomic E-state index is 0.102. The molecule has 3 aromatic rings. The van der Waals surface area contributed by atoms with Gasteiger partial charge in [0.25, 0.3) is 0 Å². The van der Waals surface area contributed by atoms with E-state index in [4.69, 9.17) is 4.74 Å². The fourth-order valence-corrected chi connectivity index (χ4v) is 4.20. The molecule has 0 saturated carbocycles.